The molecule has 1 aliphatic heterocycles. The predicted octanol–water partition coefficient (Wildman–Crippen LogP) is 2.77. The Balaban J connectivity index is 1.97. The third-order valence-electron chi connectivity index (χ3n) is 3.45. The van der Waals surface area contributed by atoms with Crippen LogP contribution in [-0.2, 0) is 14.8 Å². The third kappa shape index (κ3) is 3.37. The average Bonchev–Trinajstić information content (AvgIpc) is 2.88. The highest BCUT2D eigenvalue weighted by molar-refractivity contribution is 8.00. The molecule has 120 valence electrons. The second kappa shape index (κ2) is 6.16. The van der Waals surface area contributed by atoms with E-state index in [0.717, 1.165) is 5.56 Å². The van der Waals surface area contributed by atoms with Crippen molar-refractivity contribution in [1.29, 1.82) is 0 Å². The number of thioether (sulfide) groups is 1. The van der Waals surface area contributed by atoms with E-state index in [4.69, 9.17) is 16.7 Å². The van der Waals surface area contributed by atoms with Crippen LogP contribution < -0.4 is 10.0 Å². The van der Waals surface area contributed by atoms with Gasteiger partial charge in [-0.2, -0.15) is 0 Å². The van der Waals surface area contributed by atoms with Crippen LogP contribution in [0.5, 0.6) is 0 Å². The number of sulfonamides is 1. The fourth-order valence-electron chi connectivity index (χ4n) is 2.41. The topological polar surface area (TPSA) is 80.5 Å². The van der Waals surface area contributed by atoms with Crippen LogP contribution >= 0.6 is 23.4 Å². The van der Waals surface area contributed by atoms with Gasteiger partial charge in [-0.1, -0.05) is 23.7 Å². The highest BCUT2D eigenvalue weighted by atomic mass is 35.5. The molecule has 1 amide bonds. The first kappa shape index (κ1) is 16.3. The van der Waals surface area contributed by atoms with Crippen molar-refractivity contribution >= 4 is 45.0 Å². The molecule has 23 heavy (non-hydrogen) atoms. The van der Waals surface area contributed by atoms with Gasteiger partial charge < -0.3 is 0 Å². The smallest absolute Gasteiger partial charge is 0.238 e. The number of anilines is 1. The summed E-state index contributed by atoms with van der Waals surface area (Å²) in [7, 11) is -3.75. The van der Waals surface area contributed by atoms with E-state index in [1.807, 2.05) is 18.2 Å². The van der Waals surface area contributed by atoms with E-state index in [-0.39, 0.29) is 16.2 Å². The Morgan fingerprint density at radius 1 is 1.17 bits per heavy atom. The average molecular weight is 369 g/mol. The van der Waals surface area contributed by atoms with Crippen molar-refractivity contribution in [2.24, 2.45) is 5.14 Å². The number of nitrogens with two attached hydrogens (primary N) is 1. The van der Waals surface area contributed by atoms with Gasteiger partial charge in [0.15, 0.2) is 0 Å². The van der Waals surface area contributed by atoms with Gasteiger partial charge in [-0.3, -0.25) is 9.69 Å². The van der Waals surface area contributed by atoms with Crippen molar-refractivity contribution in [3.05, 3.63) is 59.1 Å². The minimum absolute atomic E-state index is 0.0138. The number of rotatable bonds is 3. The van der Waals surface area contributed by atoms with E-state index in [2.05, 4.69) is 0 Å². The summed E-state index contributed by atoms with van der Waals surface area (Å²) < 4.78 is 22.7. The summed E-state index contributed by atoms with van der Waals surface area (Å²) in [6.07, 6.45) is 0. The molecule has 0 spiro atoms. The lowest BCUT2D eigenvalue weighted by molar-refractivity contribution is -0.115. The predicted molar refractivity (Wildman–Crippen MR) is 92.0 cm³/mol. The van der Waals surface area contributed by atoms with Gasteiger partial charge in [0, 0.05) is 10.7 Å². The van der Waals surface area contributed by atoms with Gasteiger partial charge in [0.1, 0.15) is 5.37 Å². The normalized spacial score (nSPS) is 18.4. The Morgan fingerprint density at radius 3 is 2.48 bits per heavy atom. The fraction of sp³-hybridized carbons (Fsp3) is 0.133. The van der Waals surface area contributed by atoms with Crippen LogP contribution in [0.1, 0.15) is 10.9 Å². The maximum absolute atomic E-state index is 12.3. The molecule has 0 saturated carbocycles. The van der Waals surface area contributed by atoms with Gasteiger partial charge in [-0.05, 0) is 42.0 Å². The Hall–Kier alpha value is -1.54. The quantitative estimate of drug-likeness (QED) is 0.903. The van der Waals surface area contributed by atoms with E-state index in [1.165, 1.54) is 23.9 Å². The molecular weight excluding hydrogens is 356 g/mol. The van der Waals surface area contributed by atoms with E-state index in [0.29, 0.717) is 16.5 Å². The van der Waals surface area contributed by atoms with Gasteiger partial charge >= 0.3 is 0 Å². The molecule has 0 bridgehead atoms. The lowest BCUT2D eigenvalue weighted by atomic mass is 10.2. The van der Waals surface area contributed by atoms with Crippen LogP contribution in [0.2, 0.25) is 5.02 Å². The molecule has 2 N–H and O–H groups in total. The van der Waals surface area contributed by atoms with E-state index in [9.17, 15) is 13.2 Å². The molecule has 1 heterocycles. The minimum atomic E-state index is -3.75. The standard InChI is InChI=1S/C15H13ClN2O3S2/c16-11-3-1-2-10(8-11)15-18(14(19)9-22-15)12-4-6-13(7-5-12)23(17,20)21/h1-8,15H,9H2,(H2,17,20,21). The number of carbonyl (C=O) groups is 1. The van der Waals surface area contributed by atoms with Crippen molar-refractivity contribution in [3.63, 3.8) is 0 Å². The monoisotopic (exact) mass is 368 g/mol. The largest absolute Gasteiger partial charge is 0.295 e. The number of carbonyl (C=O) groups excluding carboxylic acids is 1. The fourth-order valence-corrected chi connectivity index (χ4v) is 4.29. The zero-order valence-corrected chi connectivity index (χ0v) is 14.2. The summed E-state index contributed by atoms with van der Waals surface area (Å²) in [5.41, 5.74) is 1.54. The molecule has 1 saturated heterocycles. The van der Waals surface area contributed by atoms with E-state index < -0.39 is 10.0 Å². The number of hydrogen-bond acceptors (Lipinski definition) is 4. The first-order valence-electron chi connectivity index (χ1n) is 6.68. The van der Waals surface area contributed by atoms with Gasteiger partial charge in [-0.15, -0.1) is 11.8 Å². The number of amides is 1. The number of benzene rings is 2. The summed E-state index contributed by atoms with van der Waals surface area (Å²) in [6, 6.07) is 13.3. The van der Waals surface area contributed by atoms with Gasteiger partial charge in [-0.25, -0.2) is 13.6 Å². The minimum Gasteiger partial charge on any atom is -0.295 e. The number of hydrogen-bond donors (Lipinski definition) is 1. The third-order valence-corrected chi connectivity index (χ3v) is 5.82. The maximum Gasteiger partial charge on any atom is 0.238 e. The molecule has 8 heteroatoms. The molecule has 0 radical (unpaired) electrons. The van der Waals surface area contributed by atoms with Gasteiger partial charge in [0.25, 0.3) is 0 Å². The SMILES string of the molecule is NS(=O)(=O)c1ccc(N2C(=O)CSC2c2cccc(Cl)c2)cc1. The molecule has 1 atom stereocenters. The van der Waals surface area contributed by atoms with Crippen LogP contribution in [0.4, 0.5) is 5.69 Å². The Morgan fingerprint density at radius 2 is 1.87 bits per heavy atom. The Labute approximate surface area is 143 Å². The summed E-state index contributed by atoms with van der Waals surface area (Å²) in [6.45, 7) is 0. The molecule has 0 aromatic heterocycles. The van der Waals surface area contributed by atoms with Crippen LogP contribution in [0.25, 0.3) is 0 Å². The summed E-state index contributed by atoms with van der Waals surface area (Å²) in [5, 5.41) is 5.51. The molecule has 5 nitrogen and oxygen atoms in total. The second-order valence-corrected chi connectivity index (χ2v) is 8.09. The molecular formula is C15H13ClN2O3S2. The first-order chi connectivity index (χ1) is 10.9. The summed E-state index contributed by atoms with van der Waals surface area (Å²) >= 11 is 7.53. The lowest BCUT2D eigenvalue weighted by Gasteiger charge is -2.24. The highest BCUT2D eigenvalue weighted by Crippen LogP contribution is 2.42. The molecule has 0 aliphatic carbocycles. The van der Waals surface area contributed by atoms with Crippen molar-refractivity contribution in [2.45, 2.75) is 10.3 Å². The first-order valence-corrected chi connectivity index (χ1v) is 9.65. The van der Waals surface area contributed by atoms with Gasteiger partial charge in [0.05, 0.1) is 10.6 Å². The maximum atomic E-state index is 12.3. The Bertz CT molecular complexity index is 853. The van der Waals surface area contributed by atoms with Crippen LogP contribution in [0.15, 0.2) is 53.4 Å². The Kier molecular flexibility index (Phi) is 4.37. The number of nitrogens with zero attached hydrogens (tertiary/aromatic N) is 1. The van der Waals surface area contributed by atoms with Crippen molar-refractivity contribution in [3.8, 4) is 0 Å². The lowest BCUT2D eigenvalue weighted by Crippen LogP contribution is -2.27. The zero-order valence-electron chi connectivity index (χ0n) is 11.8. The molecule has 1 unspecified atom stereocenters. The van der Waals surface area contributed by atoms with Crippen molar-refractivity contribution < 1.29 is 13.2 Å². The van der Waals surface area contributed by atoms with Crippen molar-refractivity contribution in [1.82, 2.24) is 0 Å². The molecule has 1 aliphatic rings. The van der Waals surface area contributed by atoms with Gasteiger partial charge in [0.2, 0.25) is 15.9 Å². The highest BCUT2D eigenvalue weighted by Gasteiger charge is 2.34. The number of primary sulfonamides is 1. The molecule has 3 rings (SSSR count). The summed E-state index contributed by atoms with van der Waals surface area (Å²) in [4.78, 5) is 13.9. The second-order valence-electron chi connectivity index (χ2n) is 5.02. The van der Waals surface area contributed by atoms with Crippen molar-refractivity contribution in [2.75, 3.05) is 10.7 Å². The zero-order chi connectivity index (χ0) is 16.6. The number of halogens is 1. The molecule has 1 fully saturated rings. The van der Waals surface area contributed by atoms with Crippen LogP contribution in [-0.4, -0.2) is 20.1 Å². The van der Waals surface area contributed by atoms with E-state index in [1.54, 1.807) is 23.1 Å². The summed E-state index contributed by atoms with van der Waals surface area (Å²) in [5.74, 6) is 0.317. The van der Waals surface area contributed by atoms with Crippen LogP contribution in [0, 0.1) is 0 Å². The molecule has 2 aromatic carbocycles. The van der Waals surface area contributed by atoms with E-state index >= 15 is 0 Å². The molecule has 2 aromatic rings. The van der Waals surface area contributed by atoms with Crippen LogP contribution in [0.3, 0.4) is 0 Å².